The largest absolute Gasteiger partial charge is 0.462 e. The van der Waals surface area contributed by atoms with Gasteiger partial charge in [0.05, 0.1) is 24.6 Å². The Morgan fingerprint density at radius 3 is 2.33 bits per heavy atom. The van der Waals surface area contributed by atoms with Crippen molar-refractivity contribution < 1.29 is 33.8 Å². The number of carbonyl (C=O) groups is 4. The number of hydrogen-bond donors (Lipinski definition) is 2. The molecule has 0 saturated carbocycles. The zero-order chi connectivity index (χ0) is 28.9. The average molecular weight is 556 g/mol. The lowest BCUT2D eigenvalue weighted by atomic mass is 9.98. The number of carbonyl (C=O) groups excluding carboxylic acids is 4. The quantitative estimate of drug-likeness (QED) is 0.267. The number of nitrogens with one attached hydrogen (secondary N) is 1. The van der Waals surface area contributed by atoms with Crippen LogP contribution < -0.4 is 5.32 Å². The molecule has 2 heterocycles. The van der Waals surface area contributed by atoms with Gasteiger partial charge in [-0.1, -0.05) is 42.5 Å². The van der Waals surface area contributed by atoms with Crippen LogP contribution in [0.25, 0.3) is 0 Å². The number of ether oxygens (including phenoxy) is 2. The van der Waals surface area contributed by atoms with Gasteiger partial charge < -0.3 is 29.7 Å². The van der Waals surface area contributed by atoms with Crippen LogP contribution in [0.2, 0.25) is 0 Å². The Kier molecular flexibility index (Phi) is 12.2. The lowest BCUT2D eigenvalue weighted by Crippen LogP contribution is -2.46. The summed E-state index contributed by atoms with van der Waals surface area (Å²) in [6, 6.07) is 7.68. The molecule has 3 rings (SSSR count). The van der Waals surface area contributed by atoms with Crippen LogP contribution >= 0.6 is 0 Å². The first-order valence-electron chi connectivity index (χ1n) is 13.9. The maximum absolute atomic E-state index is 13.5. The van der Waals surface area contributed by atoms with Crippen LogP contribution in [0.5, 0.6) is 0 Å². The maximum atomic E-state index is 13.5. The number of amides is 3. The molecular formula is C30H41N3O7. The fourth-order valence-corrected chi connectivity index (χ4v) is 5.25. The monoisotopic (exact) mass is 555 g/mol. The zero-order valence-electron chi connectivity index (χ0n) is 23.0. The standard InChI is InChI=1S/C30H41N3O7/c1-3-10-23(18-27(35)32-16-8-14-24(32)19-34)28(36)33-17-9-15-25(33)21-39-29(37)26(11-4-2)31-30(38)40-20-22-12-6-5-7-13-22/h3-7,12-13,23-26,34H,1-2,8-11,14-21H2,(H,31,38). The Morgan fingerprint density at radius 1 is 0.975 bits per heavy atom. The topological polar surface area (TPSA) is 125 Å². The van der Waals surface area contributed by atoms with Crippen molar-refractivity contribution in [3.63, 3.8) is 0 Å². The lowest BCUT2D eigenvalue weighted by Gasteiger charge is -2.30. The van der Waals surface area contributed by atoms with E-state index >= 15 is 0 Å². The molecule has 2 aliphatic heterocycles. The van der Waals surface area contributed by atoms with Gasteiger partial charge in [-0.05, 0) is 44.1 Å². The molecule has 0 radical (unpaired) electrons. The van der Waals surface area contributed by atoms with Gasteiger partial charge >= 0.3 is 12.1 Å². The number of esters is 1. The van der Waals surface area contributed by atoms with Crippen molar-refractivity contribution in [2.75, 3.05) is 26.3 Å². The number of aliphatic hydroxyl groups is 1. The van der Waals surface area contributed by atoms with E-state index in [2.05, 4.69) is 18.5 Å². The molecule has 2 saturated heterocycles. The van der Waals surface area contributed by atoms with E-state index in [0.29, 0.717) is 25.9 Å². The minimum absolute atomic E-state index is 0.0214. The predicted octanol–water partition coefficient (Wildman–Crippen LogP) is 2.96. The number of rotatable bonds is 14. The van der Waals surface area contributed by atoms with E-state index in [1.165, 1.54) is 6.08 Å². The molecule has 1 aromatic rings. The summed E-state index contributed by atoms with van der Waals surface area (Å²) in [6.07, 6.45) is 5.95. The van der Waals surface area contributed by atoms with Gasteiger partial charge in [0, 0.05) is 19.5 Å². The number of alkyl carbamates (subject to hydrolysis) is 1. The summed E-state index contributed by atoms with van der Waals surface area (Å²) < 4.78 is 10.8. The second-order valence-electron chi connectivity index (χ2n) is 10.2. The van der Waals surface area contributed by atoms with Crippen LogP contribution in [0.4, 0.5) is 4.79 Å². The first-order chi connectivity index (χ1) is 19.4. The third kappa shape index (κ3) is 8.67. The molecule has 218 valence electrons. The Balaban J connectivity index is 1.54. The molecule has 2 aliphatic rings. The first-order valence-corrected chi connectivity index (χ1v) is 13.9. The van der Waals surface area contributed by atoms with Crippen LogP contribution in [-0.4, -0.2) is 83.2 Å². The summed E-state index contributed by atoms with van der Waals surface area (Å²) in [5.41, 5.74) is 0.816. The first kappa shape index (κ1) is 30.9. The third-order valence-corrected chi connectivity index (χ3v) is 7.40. The Bertz CT molecular complexity index is 1030. The van der Waals surface area contributed by atoms with Crippen LogP contribution in [0.15, 0.2) is 55.6 Å². The minimum atomic E-state index is -0.975. The highest BCUT2D eigenvalue weighted by molar-refractivity contribution is 5.87. The van der Waals surface area contributed by atoms with E-state index in [-0.39, 0.29) is 56.6 Å². The summed E-state index contributed by atoms with van der Waals surface area (Å²) >= 11 is 0. The van der Waals surface area contributed by atoms with Gasteiger partial charge in [0.15, 0.2) is 0 Å². The van der Waals surface area contributed by atoms with Crippen molar-refractivity contribution in [3.8, 4) is 0 Å². The molecule has 0 aromatic heterocycles. The number of nitrogens with zero attached hydrogens (tertiary/aromatic N) is 2. The van der Waals surface area contributed by atoms with Crippen LogP contribution in [0, 0.1) is 5.92 Å². The summed E-state index contributed by atoms with van der Waals surface area (Å²) in [6.45, 7) is 8.45. The highest BCUT2D eigenvalue weighted by atomic mass is 16.6. The minimum Gasteiger partial charge on any atom is -0.462 e. The summed E-state index contributed by atoms with van der Waals surface area (Å²) in [5, 5.41) is 12.1. The van der Waals surface area contributed by atoms with Crippen molar-refractivity contribution in [3.05, 3.63) is 61.2 Å². The smallest absolute Gasteiger partial charge is 0.408 e. The predicted molar refractivity (Wildman–Crippen MR) is 149 cm³/mol. The molecule has 0 bridgehead atoms. The van der Waals surface area contributed by atoms with Gasteiger partial charge in [0.25, 0.3) is 0 Å². The molecule has 10 nitrogen and oxygen atoms in total. The number of likely N-dealkylation sites (tertiary alicyclic amines) is 2. The molecule has 40 heavy (non-hydrogen) atoms. The van der Waals surface area contributed by atoms with Crippen molar-refractivity contribution in [1.29, 1.82) is 0 Å². The summed E-state index contributed by atoms with van der Waals surface area (Å²) in [7, 11) is 0. The number of hydrogen-bond acceptors (Lipinski definition) is 7. The third-order valence-electron chi connectivity index (χ3n) is 7.40. The summed E-state index contributed by atoms with van der Waals surface area (Å²) in [4.78, 5) is 54.9. The van der Waals surface area contributed by atoms with Gasteiger partial charge in [-0.3, -0.25) is 9.59 Å². The average Bonchev–Trinajstić information content (AvgIpc) is 3.64. The molecule has 10 heteroatoms. The van der Waals surface area contributed by atoms with Crippen molar-refractivity contribution in [2.24, 2.45) is 5.92 Å². The van der Waals surface area contributed by atoms with E-state index in [1.54, 1.807) is 15.9 Å². The fraction of sp³-hybridized carbons (Fsp3) is 0.533. The van der Waals surface area contributed by atoms with Crippen LogP contribution in [0.1, 0.15) is 50.5 Å². The molecule has 4 unspecified atom stereocenters. The van der Waals surface area contributed by atoms with E-state index in [9.17, 15) is 24.3 Å². The van der Waals surface area contributed by atoms with Gasteiger partial charge in [-0.25, -0.2) is 9.59 Å². The highest BCUT2D eigenvalue weighted by Gasteiger charge is 2.37. The zero-order valence-corrected chi connectivity index (χ0v) is 23.0. The van der Waals surface area contributed by atoms with Crippen molar-refractivity contribution >= 4 is 23.9 Å². The van der Waals surface area contributed by atoms with E-state index in [1.807, 2.05) is 30.3 Å². The van der Waals surface area contributed by atoms with E-state index in [0.717, 1.165) is 24.8 Å². The lowest BCUT2D eigenvalue weighted by molar-refractivity contribution is -0.150. The molecule has 2 N–H and O–H groups in total. The molecule has 0 spiro atoms. The van der Waals surface area contributed by atoms with Crippen molar-refractivity contribution in [2.45, 2.75) is 69.7 Å². The van der Waals surface area contributed by atoms with Gasteiger partial charge in [-0.15, -0.1) is 13.2 Å². The van der Waals surface area contributed by atoms with E-state index in [4.69, 9.17) is 9.47 Å². The maximum Gasteiger partial charge on any atom is 0.408 e. The van der Waals surface area contributed by atoms with Crippen LogP contribution in [-0.2, 0) is 30.5 Å². The number of aliphatic hydroxyl groups excluding tert-OH is 1. The molecule has 0 aliphatic carbocycles. The normalized spacial score (nSPS) is 19.9. The second kappa shape index (κ2) is 15.8. The van der Waals surface area contributed by atoms with Gasteiger partial charge in [0.1, 0.15) is 19.3 Å². The van der Waals surface area contributed by atoms with Gasteiger partial charge in [0.2, 0.25) is 11.8 Å². The molecular weight excluding hydrogens is 514 g/mol. The number of benzene rings is 1. The Morgan fingerprint density at radius 2 is 1.65 bits per heavy atom. The SMILES string of the molecule is C=CCC(CC(=O)N1CCCC1CO)C(=O)N1CCCC1COC(=O)C(CC=C)NC(=O)OCc1ccccc1. The molecule has 1 aromatic carbocycles. The molecule has 3 amide bonds. The summed E-state index contributed by atoms with van der Waals surface area (Å²) in [5.74, 6) is -1.53. The Labute approximate surface area is 236 Å². The van der Waals surface area contributed by atoms with Crippen LogP contribution in [0.3, 0.4) is 0 Å². The van der Waals surface area contributed by atoms with Crippen molar-refractivity contribution in [1.82, 2.24) is 15.1 Å². The number of allylic oxidation sites excluding steroid dienone is 1. The van der Waals surface area contributed by atoms with E-state index < -0.39 is 24.0 Å². The second-order valence-corrected chi connectivity index (χ2v) is 10.2. The Hall–Kier alpha value is -3.66. The fourth-order valence-electron chi connectivity index (χ4n) is 5.25. The molecule has 2 fully saturated rings. The van der Waals surface area contributed by atoms with Gasteiger partial charge in [-0.2, -0.15) is 0 Å². The molecule has 4 atom stereocenters. The highest BCUT2D eigenvalue weighted by Crippen LogP contribution is 2.26.